The first-order chi connectivity index (χ1) is 5.36. The van der Waals surface area contributed by atoms with Gasteiger partial charge in [-0.25, -0.2) is 0 Å². The first kappa shape index (κ1) is 7.90. The number of carbonyl (C=O) groups is 1. The summed E-state index contributed by atoms with van der Waals surface area (Å²) in [7, 11) is 0. The van der Waals surface area contributed by atoms with Crippen LogP contribution in [0.4, 0.5) is 0 Å². The lowest BCUT2D eigenvalue weighted by Gasteiger charge is -1.89. The molecule has 0 fully saturated rings. The molecule has 2 heteroatoms. The summed E-state index contributed by atoms with van der Waals surface area (Å²) in [5.74, 6) is 2.76. The summed E-state index contributed by atoms with van der Waals surface area (Å²) in [6.45, 7) is 0. The van der Waals surface area contributed by atoms with Gasteiger partial charge in [-0.3, -0.25) is 4.79 Å². The van der Waals surface area contributed by atoms with Crippen LogP contribution in [0.1, 0.15) is 15.9 Å². The van der Waals surface area contributed by atoms with E-state index < -0.39 is 0 Å². The van der Waals surface area contributed by atoms with E-state index in [1.807, 2.05) is 0 Å². The number of hydrogen-bond acceptors (Lipinski definition) is 2. The van der Waals surface area contributed by atoms with Gasteiger partial charge in [0.05, 0.1) is 0 Å². The minimum absolute atomic E-state index is 0.662. The molecule has 1 nitrogen and oxygen atoms in total. The van der Waals surface area contributed by atoms with Crippen LogP contribution in [0.5, 0.6) is 0 Å². The second-order valence-corrected chi connectivity index (χ2v) is 2.20. The Bertz CT molecular complexity index is 303. The average Bonchev–Trinajstić information content (AvgIpc) is 2.07. The van der Waals surface area contributed by atoms with Crippen LogP contribution in [0.2, 0.25) is 0 Å². The van der Waals surface area contributed by atoms with Crippen LogP contribution in [0.25, 0.3) is 0 Å². The quantitative estimate of drug-likeness (QED) is 0.378. The molecule has 0 aliphatic heterocycles. The smallest absolute Gasteiger partial charge is 0.150 e. The summed E-state index contributed by atoms with van der Waals surface area (Å²) in [6.07, 6.45) is 0.803. The SMILES string of the molecule is O=Cc1ccc(C#CS)cc1. The molecule has 0 atom stereocenters. The molecule has 0 spiro atoms. The highest BCUT2D eigenvalue weighted by atomic mass is 32.1. The van der Waals surface area contributed by atoms with Crippen LogP contribution in [0, 0.1) is 11.2 Å². The molecule has 0 amide bonds. The van der Waals surface area contributed by atoms with E-state index in [1.54, 1.807) is 24.3 Å². The molecule has 54 valence electrons. The molecule has 11 heavy (non-hydrogen) atoms. The van der Waals surface area contributed by atoms with Gasteiger partial charge in [0.2, 0.25) is 0 Å². The third kappa shape index (κ3) is 2.14. The molecular formula is C9H6OS. The summed E-state index contributed by atoms with van der Waals surface area (Å²) < 4.78 is 0. The van der Waals surface area contributed by atoms with E-state index in [0.717, 1.165) is 11.8 Å². The van der Waals surface area contributed by atoms with Crippen molar-refractivity contribution < 1.29 is 4.79 Å². The highest BCUT2D eigenvalue weighted by Crippen LogP contribution is 2.00. The van der Waals surface area contributed by atoms with Crippen molar-refractivity contribution >= 4 is 18.9 Å². The maximum absolute atomic E-state index is 10.2. The molecule has 1 aromatic carbocycles. The Kier molecular flexibility index (Phi) is 2.76. The van der Waals surface area contributed by atoms with E-state index in [4.69, 9.17) is 0 Å². The van der Waals surface area contributed by atoms with E-state index in [-0.39, 0.29) is 0 Å². The largest absolute Gasteiger partial charge is 0.298 e. The van der Waals surface area contributed by atoms with Gasteiger partial charge in [0, 0.05) is 11.1 Å². The zero-order valence-corrected chi connectivity index (χ0v) is 6.64. The Labute approximate surface area is 70.8 Å². The summed E-state index contributed by atoms with van der Waals surface area (Å²) >= 11 is 3.75. The minimum Gasteiger partial charge on any atom is -0.298 e. The molecule has 0 saturated carbocycles. The van der Waals surface area contributed by atoms with Crippen molar-refractivity contribution in [2.24, 2.45) is 0 Å². The molecule has 0 aliphatic rings. The number of thiol groups is 1. The third-order valence-corrected chi connectivity index (χ3v) is 1.36. The van der Waals surface area contributed by atoms with Gasteiger partial charge in [-0.1, -0.05) is 30.7 Å². The average molecular weight is 162 g/mol. The molecule has 0 aliphatic carbocycles. The van der Waals surface area contributed by atoms with E-state index in [0.29, 0.717) is 5.56 Å². The number of carbonyl (C=O) groups excluding carboxylic acids is 1. The summed E-state index contributed by atoms with van der Waals surface area (Å²) in [5.41, 5.74) is 1.53. The Hall–Kier alpha value is -1.20. The van der Waals surface area contributed by atoms with E-state index in [1.165, 1.54) is 0 Å². The van der Waals surface area contributed by atoms with Crippen molar-refractivity contribution in [3.8, 4) is 11.2 Å². The summed E-state index contributed by atoms with van der Waals surface area (Å²) in [6, 6.07) is 7.01. The van der Waals surface area contributed by atoms with Crippen LogP contribution < -0.4 is 0 Å². The lowest BCUT2D eigenvalue weighted by atomic mass is 10.2. The van der Waals surface area contributed by atoms with E-state index in [2.05, 4.69) is 23.8 Å². The zero-order chi connectivity index (χ0) is 8.10. The number of benzene rings is 1. The Morgan fingerprint density at radius 3 is 2.36 bits per heavy atom. The van der Waals surface area contributed by atoms with Crippen molar-refractivity contribution in [1.82, 2.24) is 0 Å². The molecule has 0 radical (unpaired) electrons. The van der Waals surface area contributed by atoms with Crippen LogP contribution in [-0.2, 0) is 0 Å². The fraction of sp³-hybridized carbons (Fsp3) is 0. The summed E-state index contributed by atoms with van der Waals surface area (Å²) in [5, 5.41) is 2.48. The molecule has 0 N–H and O–H groups in total. The number of hydrogen-bond donors (Lipinski definition) is 1. The second kappa shape index (κ2) is 3.85. The van der Waals surface area contributed by atoms with Crippen molar-refractivity contribution in [1.29, 1.82) is 0 Å². The van der Waals surface area contributed by atoms with Crippen LogP contribution in [0.3, 0.4) is 0 Å². The van der Waals surface area contributed by atoms with Crippen molar-refractivity contribution in [3.63, 3.8) is 0 Å². The van der Waals surface area contributed by atoms with Crippen LogP contribution in [-0.4, -0.2) is 6.29 Å². The molecule has 0 aromatic heterocycles. The third-order valence-electron chi connectivity index (χ3n) is 1.25. The maximum Gasteiger partial charge on any atom is 0.150 e. The predicted octanol–water partition coefficient (Wildman–Crippen LogP) is 1.74. The number of rotatable bonds is 1. The summed E-state index contributed by atoms with van der Waals surface area (Å²) in [4.78, 5) is 10.2. The number of aldehydes is 1. The van der Waals surface area contributed by atoms with Crippen LogP contribution in [0.15, 0.2) is 24.3 Å². The zero-order valence-electron chi connectivity index (χ0n) is 5.74. The minimum atomic E-state index is 0.662. The van der Waals surface area contributed by atoms with Gasteiger partial charge in [0.15, 0.2) is 0 Å². The second-order valence-electron chi connectivity index (χ2n) is 1.98. The maximum atomic E-state index is 10.2. The molecular weight excluding hydrogens is 156 g/mol. The van der Waals surface area contributed by atoms with Gasteiger partial charge in [0.1, 0.15) is 6.29 Å². The first-order valence-electron chi connectivity index (χ1n) is 3.07. The molecule has 0 saturated heterocycles. The fourth-order valence-electron chi connectivity index (χ4n) is 0.710. The highest BCUT2D eigenvalue weighted by Gasteiger charge is 1.87. The van der Waals surface area contributed by atoms with E-state index in [9.17, 15) is 4.79 Å². The standard InChI is InChI=1S/C9H6OS/c10-7-9-3-1-8(2-4-9)5-6-11/h1-4,7,11H. The van der Waals surface area contributed by atoms with E-state index >= 15 is 0 Å². The molecule has 0 heterocycles. The molecule has 0 bridgehead atoms. The monoisotopic (exact) mass is 162 g/mol. The molecule has 0 unspecified atom stereocenters. The van der Waals surface area contributed by atoms with Gasteiger partial charge < -0.3 is 0 Å². The fourth-order valence-corrected chi connectivity index (χ4v) is 0.839. The molecule has 1 rings (SSSR count). The van der Waals surface area contributed by atoms with Gasteiger partial charge in [-0.15, -0.1) is 0 Å². The Morgan fingerprint density at radius 1 is 1.27 bits per heavy atom. The van der Waals surface area contributed by atoms with Gasteiger partial charge in [-0.2, -0.15) is 0 Å². The van der Waals surface area contributed by atoms with Gasteiger partial charge >= 0.3 is 0 Å². The Balaban J connectivity index is 2.97. The normalized spacial score (nSPS) is 8.09. The topological polar surface area (TPSA) is 17.1 Å². The van der Waals surface area contributed by atoms with Gasteiger partial charge in [0.25, 0.3) is 0 Å². The van der Waals surface area contributed by atoms with Crippen molar-refractivity contribution in [3.05, 3.63) is 35.4 Å². The van der Waals surface area contributed by atoms with Crippen molar-refractivity contribution in [2.75, 3.05) is 0 Å². The van der Waals surface area contributed by atoms with Gasteiger partial charge in [-0.05, 0) is 17.4 Å². The lowest BCUT2D eigenvalue weighted by molar-refractivity contribution is 0.112. The predicted molar refractivity (Wildman–Crippen MR) is 47.7 cm³/mol. The lowest BCUT2D eigenvalue weighted by Crippen LogP contribution is -1.78. The first-order valence-corrected chi connectivity index (χ1v) is 3.52. The van der Waals surface area contributed by atoms with Crippen LogP contribution >= 0.6 is 12.6 Å². The Morgan fingerprint density at radius 2 is 1.91 bits per heavy atom. The van der Waals surface area contributed by atoms with Crippen molar-refractivity contribution in [2.45, 2.75) is 0 Å². The highest BCUT2D eigenvalue weighted by molar-refractivity contribution is 7.85. The molecule has 1 aromatic rings.